The molecular weight excluding hydrogens is 278 g/mol. The van der Waals surface area contributed by atoms with Crippen LogP contribution in [-0.2, 0) is 13.5 Å². The third-order valence-electron chi connectivity index (χ3n) is 4.37. The van der Waals surface area contributed by atoms with E-state index in [2.05, 4.69) is 37.1 Å². The number of anilines is 1. The zero-order valence-corrected chi connectivity index (χ0v) is 13.3. The Bertz CT molecular complexity index is 575. The van der Waals surface area contributed by atoms with Crippen LogP contribution in [0.1, 0.15) is 18.5 Å². The Balaban J connectivity index is 1.46. The molecule has 22 heavy (non-hydrogen) atoms. The van der Waals surface area contributed by atoms with Gasteiger partial charge in [-0.15, -0.1) is 5.10 Å². The van der Waals surface area contributed by atoms with Crippen molar-refractivity contribution in [1.82, 2.24) is 29.9 Å². The van der Waals surface area contributed by atoms with Gasteiger partial charge < -0.3 is 9.80 Å². The molecule has 0 bridgehead atoms. The number of likely N-dealkylation sites (tertiary alicyclic amines) is 1. The maximum Gasteiger partial charge on any atom is 0.131 e. The molecule has 0 unspecified atom stereocenters. The van der Waals surface area contributed by atoms with E-state index in [1.54, 1.807) is 17.2 Å². The maximum atomic E-state index is 4.33. The molecule has 1 fully saturated rings. The first-order chi connectivity index (χ1) is 10.7. The molecule has 2 aromatic rings. The van der Waals surface area contributed by atoms with Crippen LogP contribution in [0.25, 0.3) is 0 Å². The largest absolute Gasteiger partial charge is 0.356 e. The number of hydrogen-bond donors (Lipinski definition) is 0. The molecular formula is C15H23N7. The van der Waals surface area contributed by atoms with Crippen molar-refractivity contribution in [2.75, 3.05) is 31.6 Å². The van der Waals surface area contributed by atoms with Gasteiger partial charge in [-0.1, -0.05) is 5.21 Å². The summed E-state index contributed by atoms with van der Waals surface area (Å²) in [6.45, 7) is 3.31. The van der Waals surface area contributed by atoms with Gasteiger partial charge in [0.2, 0.25) is 0 Å². The molecule has 0 N–H and O–H groups in total. The van der Waals surface area contributed by atoms with E-state index in [1.807, 2.05) is 19.3 Å². The van der Waals surface area contributed by atoms with E-state index in [1.165, 1.54) is 12.8 Å². The molecule has 0 radical (unpaired) electrons. The Morgan fingerprint density at radius 3 is 2.77 bits per heavy atom. The highest BCUT2D eigenvalue weighted by atomic mass is 15.4. The van der Waals surface area contributed by atoms with Crippen LogP contribution in [0.5, 0.6) is 0 Å². The van der Waals surface area contributed by atoms with Crippen LogP contribution >= 0.6 is 0 Å². The van der Waals surface area contributed by atoms with Gasteiger partial charge in [-0.05, 0) is 18.9 Å². The summed E-state index contributed by atoms with van der Waals surface area (Å²) in [5.74, 6) is 1.01. The van der Waals surface area contributed by atoms with E-state index in [0.29, 0.717) is 6.04 Å². The lowest BCUT2D eigenvalue weighted by atomic mass is 10.0. The molecule has 0 aromatic carbocycles. The summed E-state index contributed by atoms with van der Waals surface area (Å²) < 4.78 is 1.76. The summed E-state index contributed by atoms with van der Waals surface area (Å²) in [4.78, 5) is 13.1. The number of aryl methyl sites for hydroxylation is 1. The fraction of sp³-hybridized carbons (Fsp3) is 0.600. The molecule has 3 heterocycles. The smallest absolute Gasteiger partial charge is 0.131 e. The van der Waals surface area contributed by atoms with E-state index in [-0.39, 0.29) is 0 Å². The molecule has 0 amide bonds. The Morgan fingerprint density at radius 1 is 1.32 bits per heavy atom. The van der Waals surface area contributed by atoms with Gasteiger partial charge in [-0.2, -0.15) is 0 Å². The van der Waals surface area contributed by atoms with Crippen molar-refractivity contribution in [3.63, 3.8) is 0 Å². The second kappa shape index (κ2) is 6.83. The molecule has 0 aliphatic carbocycles. The van der Waals surface area contributed by atoms with E-state index in [0.717, 1.165) is 37.6 Å². The number of piperidine rings is 1. The van der Waals surface area contributed by atoms with Gasteiger partial charge in [0, 0.05) is 58.6 Å². The number of aromatic nitrogens is 5. The Hall–Kier alpha value is -2.02. The zero-order chi connectivity index (χ0) is 15.4. The third kappa shape index (κ3) is 3.59. The second-order valence-electron chi connectivity index (χ2n) is 5.88. The highest BCUT2D eigenvalue weighted by Gasteiger charge is 2.23. The molecule has 3 rings (SSSR count). The van der Waals surface area contributed by atoms with Crippen LogP contribution in [0, 0.1) is 0 Å². The summed E-state index contributed by atoms with van der Waals surface area (Å²) in [6, 6.07) is 2.53. The van der Waals surface area contributed by atoms with Gasteiger partial charge in [0.1, 0.15) is 12.1 Å². The molecule has 1 aliphatic heterocycles. The van der Waals surface area contributed by atoms with Gasteiger partial charge in [0.05, 0.1) is 5.69 Å². The Kier molecular flexibility index (Phi) is 4.62. The lowest BCUT2D eigenvalue weighted by molar-refractivity contribution is 0.212. The predicted octanol–water partition coefficient (Wildman–Crippen LogP) is 0.748. The van der Waals surface area contributed by atoms with Crippen LogP contribution in [0.4, 0.5) is 5.82 Å². The Labute approximate surface area is 131 Å². The standard InChI is InChI=1S/C15H23N7/c1-20-11-13(18-19-20)4-8-22-9-5-14(6-10-22)21(2)15-3-7-16-12-17-15/h3,7,11-12,14H,4-6,8-10H2,1-2H3. The average molecular weight is 301 g/mol. The Morgan fingerprint density at radius 2 is 2.14 bits per heavy atom. The van der Waals surface area contributed by atoms with Crippen LogP contribution in [0.3, 0.4) is 0 Å². The molecule has 0 atom stereocenters. The van der Waals surface area contributed by atoms with Gasteiger partial charge in [0.15, 0.2) is 0 Å². The van der Waals surface area contributed by atoms with Crippen LogP contribution in [0.15, 0.2) is 24.8 Å². The first kappa shape index (κ1) is 14.9. The fourth-order valence-electron chi connectivity index (χ4n) is 2.99. The minimum Gasteiger partial charge on any atom is -0.356 e. The molecule has 0 spiro atoms. The molecule has 1 aliphatic rings. The van der Waals surface area contributed by atoms with Crippen molar-refractivity contribution in [2.45, 2.75) is 25.3 Å². The molecule has 0 saturated carbocycles. The molecule has 1 saturated heterocycles. The number of nitrogens with zero attached hydrogens (tertiary/aromatic N) is 7. The predicted molar refractivity (Wildman–Crippen MR) is 84.6 cm³/mol. The van der Waals surface area contributed by atoms with Crippen molar-refractivity contribution >= 4 is 5.82 Å². The monoisotopic (exact) mass is 301 g/mol. The first-order valence-corrected chi connectivity index (χ1v) is 7.79. The second-order valence-corrected chi connectivity index (χ2v) is 5.88. The van der Waals surface area contributed by atoms with Crippen LogP contribution in [0.2, 0.25) is 0 Å². The zero-order valence-electron chi connectivity index (χ0n) is 13.3. The summed E-state index contributed by atoms with van der Waals surface area (Å²) in [5.41, 5.74) is 1.07. The lowest BCUT2D eigenvalue weighted by Crippen LogP contribution is -2.44. The van der Waals surface area contributed by atoms with E-state index in [4.69, 9.17) is 0 Å². The molecule has 7 heteroatoms. The summed E-state index contributed by atoms with van der Waals surface area (Å²) in [7, 11) is 4.03. The average Bonchev–Trinajstić information content (AvgIpc) is 2.99. The minimum atomic E-state index is 0.558. The highest BCUT2D eigenvalue weighted by Crippen LogP contribution is 2.19. The summed E-state index contributed by atoms with van der Waals surface area (Å²) in [5, 5.41) is 8.13. The summed E-state index contributed by atoms with van der Waals surface area (Å²) in [6.07, 6.45) is 8.72. The van der Waals surface area contributed by atoms with Crippen LogP contribution < -0.4 is 4.90 Å². The molecule has 7 nitrogen and oxygen atoms in total. The van der Waals surface area contributed by atoms with Gasteiger partial charge >= 0.3 is 0 Å². The number of hydrogen-bond acceptors (Lipinski definition) is 6. The lowest BCUT2D eigenvalue weighted by Gasteiger charge is -2.37. The molecule has 2 aromatic heterocycles. The van der Waals surface area contributed by atoms with Crippen molar-refractivity contribution in [3.05, 3.63) is 30.5 Å². The van der Waals surface area contributed by atoms with Crippen molar-refractivity contribution in [1.29, 1.82) is 0 Å². The quantitative estimate of drug-likeness (QED) is 0.812. The normalized spacial score (nSPS) is 16.8. The third-order valence-corrected chi connectivity index (χ3v) is 4.37. The van der Waals surface area contributed by atoms with Crippen molar-refractivity contribution < 1.29 is 0 Å². The minimum absolute atomic E-state index is 0.558. The number of rotatable bonds is 5. The van der Waals surface area contributed by atoms with Gasteiger partial charge in [0.25, 0.3) is 0 Å². The van der Waals surface area contributed by atoms with Crippen molar-refractivity contribution in [3.8, 4) is 0 Å². The topological polar surface area (TPSA) is 63.0 Å². The SMILES string of the molecule is CN(c1ccncn1)C1CCN(CCc2cn(C)nn2)CC1. The summed E-state index contributed by atoms with van der Waals surface area (Å²) >= 11 is 0. The first-order valence-electron chi connectivity index (χ1n) is 7.79. The van der Waals surface area contributed by atoms with E-state index in [9.17, 15) is 0 Å². The fourth-order valence-corrected chi connectivity index (χ4v) is 2.99. The van der Waals surface area contributed by atoms with Crippen LogP contribution in [-0.4, -0.2) is 62.6 Å². The van der Waals surface area contributed by atoms with Crippen molar-refractivity contribution in [2.24, 2.45) is 7.05 Å². The van der Waals surface area contributed by atoms with E-state index >= 15 is 0 Å². The van der Waals surface area contributed by atoms with E-state index < -0.39 is 0 Å². The molecule has 118 valence electrons. The van der Waals surface area contributed by atoms with Gasteiger partial charge in [-0.25, -0.2) is 9.97 Å². The maximum absolute atomic E-state index is 4.33. The van der Waals surface area contributed by atoms with Gasteiger partial charge in [-0.3, -0.25) is 4.68 Å². The highest BCUT2D eigenvalue weighted by molar-refractivity contribution is 5.36.